The number of ketones is 1. The molecule has 1 saturated carbocycles. The van der Waals surface area contributed by atoms with Crippen LogP contribution in [0.4, 0.5) is 0 Å². The Bertz CT molecular complexity index is 767. The molecule has 0 aliphatic heterocycles. The van der Waals surface area contributed by atoms with E-state index < -0.39 is 18.3 Å². The third kappa shape index (κ3) is 20.0. The third-order valence-corrected chi connectivity index (χ3v) is 8.41. The highest BCUT2D eigenvalue weighted by Gasteiger charge is 2.39. The van der Waals surface area contributed by atoms with E-state index in [0.717, 1.165) is 64.2 Å². The van der Waals surface area contributed by atoms with E-state index >= 15 is 0 Å². The maximum Gasteiger partial charge on any atom is 0.305 e. The van der Waals surface area contributed by atoms with E-state index in [-0.39, 0.29) is 55.6 Å². The van der Waals surface area contributed by atoms with E-state index in [0.29, 0.717) is 19.3 Å². The summed E-state index contributed by atoms with van der Waals surface area (Å²) in [6, 6.07) is 0. The Hall–Kier alpha value is -1.77. The zero-order valence-corrected chi connectivity index (χ0v) is 27.2. The maximum atomic E-state index is 12.4. The van der Waals surface area contributed by atoms with Gasteiger partial charge in [-0.05, 0) is 31.6 Å². The average Bonchev–Trinajstić information content (AvgIpc) is 3.25. The van der Waals surface area contributed by atoms with Crippen molar-refractivity contribution < 1.29 is 39.2 Å². The van der Waals surface area contributed by atoms with Crippen LogP contribution in [0.3, 0.4) is 0 Å². The standard InChI is InChI=1S/C35H62O8/c1-3-5-7-8-9-10-11-12-17-21-34(40)42-26-29(37)27-43-35(41)22-18-14-13-16-20-30-31(33(39)25-32(30)38)24-23-28(36)19-15-6-4-2/h23-24,28-32,36-38H,3-22,25-27H2,1-2H3/b24-23+/t28-,29+,30+,31+,32-/m0/s1. The number of esters is 2. The topological polar surface area (TPSA) is 130 Å². The van der Waals surface area contributed by atoms with Gasteiger partial charge in [-0.15, -0.1) is 0 Å². The highest BCUT2D eigenvalue weighted by molar-refractivity contribution is 5.86. The summed E-state index contributed by atoms with van der Waals surface area (Å²) >= 11 is 0. The Morgan fingerprint density at radius 2 is 1.26 bits per heavy atom. The van der Waals surface area contributed by atoms with Crippen molar-refractivity contribution in [1.82, 2.24) is 0 Å². The number of hydrogen-bond acceptors (Lipinski definition) is 8. The Balaban J connectivity index is 2.09. The van der Waals surface area contributed by atoms with E-state index in [4.69, 9.17) is 9.47 Å². The van der Waals surface area contributed by atoms with Gasteiger partial charge in [0, 0.05) is 25.2 Å². The van der Waals surface area contributed by atoms with Crippen LogP contribution in [0.25, 0.3) is 0 Å². The van der Waals surface area contributed by atoms with Crippen molar-refractivity contribution in [1.29, 1.82) is 0 Å². The summed E-state index contributed by atoms with van der Waals surface area (Å²) in [4.78, 5) is 36.3. The molecule has 5 atom stereocenters. The van der Waals surface area contributed by atoms with Crippen molar-refractivity contribution in [3.8, 4) is 0 Å². The van der Waals surface area contributed by atoms with Crippen LogP contribution >= 0.6 is 0 Å². The fraction of sp³-hybridized carbons (Fsp3) is 0.857. The average molecular weight is 611 g/mol. The molecule has 0 bridgehead atoms. The largest absolute Gasteiger partial charge is 0.463 e. The van der Waals surface area contributed by atoms with Crippen LogP contribution in [0.5, 0.6) is 0 Å². The lowest BCUT2D eigenvalue weighted by atomic mass is 9.88. The normalized spacial score (nSPS) is 20.0. The summed E-state index contributed by atoms with van der Waals surface area (Å²) in [5, 5.41) is 30.5. The maximum absolute atomic E-state index is 12.4. The number of unbranched alkanes of at least 4 members (excludes halogenated alkanes) is 13. The van der Waals surface area contributed by atoms with Crippen molar-refractivity contribution >= 4 is 17.7 Å². The number of Topliss-reactive ketones (excluding diaryl/α,β-unsaturated/α-hetero) is 1. The second-order valence-electron chi connectivity index (χ2n) is 12.4. The molecule has 0 spiro atoms. The molecule has 0 aromatic heterocycles. The van der Waals surface area contributed by atoms with Crippen LogP contribution in [0.15, 0.2) is 12.2 Å². The zero-order chi connectivity index (χ0) is 31.7. The van der Waals surface area contributed by atoms with Gasteiger partial charge in [0.25, 0.3) is 0 Å². The molecule has 43 heavy (non-hydrogen) atoms. The monoisotopic (exact) mass is 610 g/mol. The van der Waals surface area contributed by atoms with Crippen molar-refractivity contribution in [3.63, 3.8) is 0 Å². The number of carbonyl (C=O) groups is 3. The Morgan fingerprint density at radius 3 is 1.81 bits per heavy atom. The van der Waals surface area contributed by atoms with Gasteiger partial charge >= 0.3 is 11.9 Å². The summed E-state index contributed by atoms with van der Waals surface area (Å²) in [5.41, 5.74) is 0. The third-order valence-electron chi connectivity index (χ3n) is 8.41. The van der Waals surface area contributed by atoms with Crippen LogP contribution in [0.1, 0.15) is 149 Å². The lowest BCUT2D eigenvalue weighted by molar-refractivity contribution is -0.152. The molecule has 0 heterocycles. The Labute approximate surface area is 261 Å². The molecule has 0 radical (unpaired) electrons. The predicted molar refractivity (Wildman–Crippen MR) is 169 cm³/mol. The minimum absolute atomic E-state index is 0.0352. The highest BCUT2D eigenvalue weighted by atomic mass is 16.6. The van der Waals surface area contributed by atoms with Gasteiger partial charge < -0.3 is 24.8 Å². The van der Waals surface area contributed by atoms with Gasteiger partial charge in [0.15, 0.2) is 0 Å². The number of aliphatic hydroxyl groups is 3. The van der Waals surface area contributed by atoms with Gasteiger partial charge in [0.1, 0.15) is 25.1 Å². The van der Waals surface area contributed by atoms with Gasteiger partial charge in [-0.25, -0.2) is 0 Å². The highest BCUT2D eigenvalue weighted by Crippen LogP contribution is 2.34. The van der Waals surface area contributed by atoms with Crippen molar-refractivity contribution in [2.24, 2.45) is 11.8 Å². The van der Waals surface area contributed by atoms with Gasteiger partial charge in [-0.3, -0.25) is 14.4 Å². The molecule has 0 amide bonds. The number of allylic oxidation sites excluding steroid dienone is 1. The summed E-state index contributed by atoms with van der Waals surface area (Å²) in [6.45, 7) is 3.96. The Morgan fingerprint density at radius 1 is 0.767 bits per heavy atom. The van der Waals surface area contributed by atoms with Crippen LogP contribution in [-0.4, -0.2) is 64.6 Å². The molecule has 0 saturated heterocycles. The molecule has 8 nitrogen and oxygen atoms in total. The molecule has 0 unspecified atom stereocenters. The molecule has 0 aromatic carbocycles. The van der Waals surface area contributed by atoms with Crippen LogP contribution in [0.2, 0.25) is 0 Å². The first-order valence-electron chi connectivity index (χ1n) is 17.3. The lowest BCUT2D eigenvalue weighted by Gasteiger charge is -2.19. The second kappa shape index (κ2) is 25.5. The number of rotatable bonds is 27. The summed E-state index contributed by atoms with van der Waals surface area (Å²) in [6.07, 6.45) is 20.3. The summed E-state index contributed by atoms with van der Waals surface area (Å²) in [7, 11) is 0. The molecule has 3 N–H and O–H groups in total. The SMILES string of the molecule is CCCCCCCCCCCC(=O)OC[C@@H](O)COC(=O)CCCCCC[C@H]1[C@@H](O)CC(=O)[C@@H]1/C=C/[C@@H](O)CCCCC. The van der Waals surface area contributed by atoms with Crippen molar-refractivity contribution in [2.45, 2.75) is 167 Å². The molecule has 1 aliphatic carbocycles. The van der Waals surface area contributed by atoms with E-state index in [9.17, 15) is 29.7 Å². The van der Waals surface area contributed by atoms with Crippen LogP contribution < -0.4 is 0 Å². The minimum atomic E-state index is -1.03. The lowest BCUT2D eigenvalue weighted by Crippen LogP contribution is -2.25. The first-order valence-corrected chi connectivity index (χ1v) is 17.3. The molecule has 1 aliphatic rings. The molecule has 8 heteroatoms. The molecular weight excluding hydrogens is 548 g/mol. The first-order chi connectivity index (χ1) is 20.8. The minimum Gasteiger partial charge on any atom is -0.463 e. The predicted octanol–water partition coefficient (Wildman–Crippen LogP) is 6.76. The van der Waals surface area contributed by atoms with Gasteiger partial charge in [-0.1, -0.05) is 116 Å². The van der Waals surface area contributed by atoms with Crippen molar-refractivity contribution in [2.75, 3.05) is 13.2 Å². The number of ether oxygens (including phenoxy) is 2. The van der Waals surface area contributed by atoms with E-state index in [1.807, 2.05) is 0 Å². The molecule has 1 fully saturated rings. The number of aliphatic hydroxyl groups excluding tert-OH is 3. The second-order valence-corrected chi connectivity index (χ2v) is 12.4. The zero-order valence-electron chi connectivity index (χ0n) is 27.2. The quantitative estimate of drug-likeness (QED) is 0.0528. The van der Waals surface area contributed by atoms with Crippen LogP contribution in [0, 0.1) is 11.8 Å². The summed E-state index contributed by atoms with van der Waals surface area (Å²) < 4.78 is 10.2. The van der Waals surface area contributed by atoms with Gasteiger partial charge in [0.2, 0.25) is 0 Å². The number of hydrogen-bond donors (Lipinski definition) is 3. The van der Waals surface area contributed by atoms with E-state index in [1.165, 1.54) is 38.5 Å². The first kappa shape index (κ1) is 39.3. The summed E-state index contributed by atoms with van der Waals surface area (Å²) in [5.74, 6) is -1.15. The fourth-order valence-corrected chi connectivity index (χ4v) is 5.69. The smallest absolute Gasteiger partial charge is 0.305 e. The molecule has 250 valence electrons. The fourth-order valence-electron chi connectivity index (χ4n) is 5.69. The molecule has 1 rings (SSSR count). The van der Waals surface area contributed by atoms with E-state index in [2.05, 4.69) is 13.8 Å². The van der Waals surface area contributed by atoms with Gasteiger partial charge in [0.05, 0.1) is 12.2 Å². The van der Waals surface area contributed by atoms with E-state index in [1.54, 1.807) is 12.2 Å². The van der Waals surface area contributed by atoms with Gasteiger partial charge in [-0.2, -0.15) is 0 Å². The molecular formula is C35H62O8. The van der Waals surface area contributed by atoms with Crippen LogP contribution in [-0.2, 0) is 23.9 Å². The van der Waals surface area contributed by atoms with Crippen molar-refractivity contribution in [3.05, 3.63) is 12.2 Å². The Kier molecular flexibility index (Phi) is 23.3. The number of carbonyl (C=O) groups excluding carboxylic acids is 3. The molecule has 0 aromatic rings.